The number of hydrogen-bond acceptors (Lipinski definition) is 4. The zero-order valence-corrected chi connectivity index (χ0v) is 13.7. The first-order valence-corrected chi connectivity index (χ1v) is 9.06. The summed E-state index contributed by atoms with van der Waals surface area (Å²) in [5.74, 6) is 1.82. The topological polar surface area (TPSA) is 66.2 Å². The van der Waals surface area contributed by atoms with Crippen molar-refractivity contribution in [1.29, 1.82) is 5.26 Å². The molecule has 3 aliphatic carbocycles. The Bertz CT molecular complexity index is 732. The van der Waals surface area contributed by atoms with Crippen LogP contribution in [0.3, 0.4) is 0 Å². The summed E-state index contributed by atoms with van der Waals surface area (Å²) < 4.78 is 6.03. The number of aromatic nitrogens is 1. The predicted octanol–water partition coefficient (Wildman–Crippen LogP) is 2.96. The summed E-state index contributed by atoms with van der Waals surface area (Å²) in [6.45, 7) is 0.647. The van der Waals surface area contributed by atoms with E-state index in [-0.39, 0.29) is 17.6 Å². The van der Waals surface area contributed by atoms with Gasteiger partial charge in [-0.1, -0.05) is 0 Å². The molecular formula is C19H21N3O2. The minimum Gasteiger partial charge on any atom is -0.487 e. The lowest BCUT2D eigenvalue weighted by Gasteiger charge is -2.47. The molecule has 3 heterocycles. The molecule has 6 rings (SSSR count). The van der Waals surface area contributed by atoms with Crippen molar-refractivity contribution in [2.24, 2.45) is 11.3 Å². The van der Waals surface area contributed by atoms with E-state index in [9.17, 15) is 10.1 Å². The number of carbonyl (C=O) groups is 1. The first-order chi connectivity index (χ1) is 11.7. The van der Waals surface area contributed by atoms with Crippen LogP contribution in [-0.4, -0.2) is 28.4 Å². The average Bonchev–Trinajstić information content (AvgIpc) is 3.00. The zero-order valence-electron chi connectivity index (χ0n) is 13.7. The Hall–Kier alpha value is -2.09. The molecule has 124 valence electrons. The maximum Gasteiger partial charge on any atom is 0.229 e. The van der Waals surface area contributed by atoms with E-state index in [0.717, 1.165) is 37.2 Å². The Balaban J connectivity index is 1.50. The highest BCUT2D eigenvalue weighted by molar-refractivity contribution is 5.84. The van der Waals surface area contributed by atoms with Gasteiger partial charge in [0, 0.05) is 29.8 Å². The highest BCUT2D eigenvalue weighted by Gasteiger charge is 2.52. The second-order valence-electron chi connectivity index (χ2n) is 7.93. The molecule has 2 atom stereocenters. The first kappa shape index (κ1) is 14.3. The minimum atomic E-state index is -0.132. The standard InChI is InChI=1S/C19H21N3O2/c20-8-13-9-21-10-15-16-7-14(24-17(13)15)11-22(16)18(23)19-4-1-12(2-5-19)3-6-19/h9-10,12,14,16H,1-7,11H2/t12?,14-,16-,19?/m0/s1. The monoisotopic (exact) mass is 323 g/mol. The van der Waals surface area contributed by atoms with Gasteiger partial charge in [0.1, 0.15) is 23.5 Å². The Morgan fingerprint density at radius 1 is 1.29 bits per heavy atom. The number of amides is 1. The van der Waals surface area contributed by atoms with Crippen LogP contribution in [0.2, 0.25) is 0 Å². The lowest BCUT2D eigenvalue weighted by molar-refractivity contribution is -0.149. The van der Waals surface area contributed by atoms with Crippen molar-refractivity contribution in [3.05, 3.63) is 23.5 Å². The van der Waals surface area contributed by atoms with Crippen molar-refractivity contribution in [2.75, 3.05) is 6.54 Å². The number of nitriles is 1. The maximum atomic E-state index is 13.5. The summed E-state index contributed by atoms with van der Waals surface area (Å²) in [7, 11) is 0. The number of hydrogen-bond donors (Lipinski definition) is 0. The molecule has 4 bridgehead atoms. The molecule has 24 heavy (non-hydrogen) atoms. The van der Waals surface area contributed by atoms with E-state index in [1.54, 1.807) is 12.4 Å². The second-order valence-corrected chi connectivity index (χ2v) is 7.93. The molecular weight excluding hydrogens is 302 g/mol. The van der Waals surface area contributed by atoms with Gasteiger partial charge < -0.3 is 9.64 Å². The van der Waals surface area contributed by atoms with Crippen LogP contribution < -0.4 is 4.74 Å². The largest absolute Gasteiger partial charge is 0.487 e. The van der Waals surface area contributed by atoms with E-state index in [1.807, 2.05) is 4.90 Å². The van der Waals surface area contributed by atoms with Crippen molar-refractivity contribution >= 4 is 5.91 Å². The van der Waals surface area contributed by atoms with Gasteiger partial charge in [-0.25, -0.2) is 0 Å². The van der Waals surface area contributed by atoms with E-state index in [2.05, 4.69) is 11.1 Å². The predicted molar refractivity (Wildman–Crippen MR) is 86.1 cm³/mol. The van der Waals surface area contributed by atoms with Gasteiger partial charge in [-0.05, 0) is 44.4 Å². The molecule has 5 aliphatic rings. The van der Waals surface area contributed by atoms with Crippen molar-refractivity contribution in [1.82, 2.24) is 9.88 Å². The van der Waals surface area contributed by atoms with Crippen LogP contribution >= 0.6 is 0 Å². The molecule has 5 heteroatoms. The summed E-state index contributed by atoms with van der Waals surface area (Å²) in [6, 6.07) is 2.19. The fourth-order valence-electron chi connectivity index (χ4n) is 5.36. The molecule has 4 fully saturated rings. The number of likely N-dealkylation sites (tertiary alicyclic amines) is 1. The lowest BCUT2D eigenvalue weighted by Crippen LogP contribution is -2.48. The number of carbonyl (C=O) groups excluding carboxylic acids is 1. The van der Waals surface area contributed by atoms with Gasteiger partial charge in [-0.15, -0.1) is 0 Å². The van der Waals surface area contributed by atoms with E-state index >= 15 is 0 Å². The van der Waals surface area contributed by atoms with Crippen LogP contribution in [0.15, 0.2) is 12.4 Å². The molecule has 0 spiro atoms. The molecule has 1 amide bonds. The molecule has 1 aromatic rings. The fourth-order valence-corrected chi connectivity index (χ4v) is 5.36. The van der Waals surface area contributed by atoms with Crippen LogP contribution in [0.25, 0.3) is 0 Å². The molecule has 2 aliphatic heterocycles. The molecule has 0 aromatic carbocycles. The molecule has 0 N–H and O–H groups in total. The Morgan fingerprint density at radius 3 is 2.75 bits per heavy atom. The summed E-state index contributed by atoms with van der Waals surface area (Å²) in [6.07, 6.45) is 10.9. The number of pyridine rings is 1. The molecule has 1 aromatic heterocycles. The Labute approximate surface area is 141 Å². The van der Waals surface area contributed by atoms with Crippen LogP contribution in [0, 0.1) is 22.7 Å². The first-order valence-electron chi connectivity index (χ1n) is 9.06. The molecule has 3 saturated carbocycles. The molecule has 0 unspecified atom stereocenters. The molecule has 5 nitrogen and oxygen atoms in total. The van der Waals surface area contributed by atoms with Gasteiger partial charge in [0.15, 0.2) is 0 Å². The highest BCUT2D eigenvalue weighted by Crippen LogP contribution is 2.54. The van der Waals surface area contributed by atoms with E-state index in [0.29, 0.717) is 23.8 Å². The van der Waals surface area contributed by atoms with E-state index in [4.69, 9.17) is 4.74 Å². The second kappa shape index (κ2) is 4.95. The summed E-state index contributed by atoms with van der Waals surface area (Å²) in [5.41, 5.74) is 1.26. The maximum absolute atomic E-state index is 13.5. The number of fused-ring (bicyclic) bond motifs is 7. The number of rotatable bonds is 1. The van der Waals surface area contributed by atoms with Crippen molar-refractivity contribution in [3.8, 4) is 11.8 Å². The van der Waals surface area contributed by atoms with E-state index < -0.39 is 0 Å². The van der Waals surface area contributed by atoms with Gasteiger partial charge >= 0.3 is 0 Å². The third-order valence-electron chi connectivity index (χ3n) is 6.76. The molecule has 0 radical (unpaired) electrons. The van der Waals surface area contributed by atoms with Gasteiger partial charge in [-0.2, -0.15) is 5.26 Å². The molecule has 1 saturated heterocycles. The van der Waals surface area contributed by atoms with Crippen LogP contribution in [0.4, 0.5) is 0 Å². The Kier molecular flexibility index (Phi) is 2.94. The van der Waals surface area contributed by atoms with Crippen LogP contribution in [-0.2, 0) is 4.79 Å². The zero-order chi connectivity index (χ0) is 16.3. The van der Waals surface area contributed by atoms with Crippen molar-refractivity contribution < 1.29 is 9.53 Å². The van der Waals surface area contributed by atoms with Gasteiger partial charge in [0.25, 0.3) is 0 Å². The minimum absolute atomic E-state index is 0.0114. The smallest absolute Gasteiger partial charge is 0.229 e. The number of ether oxygens (including phenoxy) is 1. The SMILES string of the molecule is N#Cc1cncc2c1O[C@H]1C[C@@H]2N(C(=O)C23CCC(CC2)CC3)C1. The Morgan fingerprint density at radius 2 is 2.04 bits per heavy atom. The van der Waals surface area contributed by atoms with Crippen molar-refractivity contribution in [3.63, 3.8) is 0 Å². The highest BCUT2D eigenvalue weighted by atomic mass is 16.5. The van der Waals surface area contributed by atoms with Gasteiger partial charge in [0.2, 0.25) is 5.91 Å². The lowest BCUT2D eigenvalue weighted by atomic mass is 9.60. The van der Waals surface area contributed by atoms with Gasteiger partial charge in [0.05, 0.1) is 12.6 Å². The quantitative estimate of drug-likeness (QED) is 0.797. The van der Waals surface area contributed by atoms with Gasteiger partial charge in [-0.3, -0.25) is 9.78 Å². The third-order valence-corrected chi connectivity index (χ3v) is 6.76. The van der Waals surface area contributed by atoms with Crippen molar-refractivity contribution in [2.45, 2.75) is 57.1 Å². The normalized spacial score (nSPS) is 36.0. The van der Waals surface area contributed by atoms with E-state index in [1.165, 1.54) is 19.3 Å². The summed E-state index contributed by atoms with van der Waals surface area (Å²) in [4.78, 5) is 19.7. The van der Waals surface area contributed by atoms with Crippen LogP contribution in [0.1, 0.15) is 62.1 Å². The fraction of sp³-hybridized carbons (Fsp3) is 0.632. The third kappa shape index (κ3) is 1.86. The number of nitrogens with zero attached hydrogens (tertiary/aromatic N) is 3. The average molecular weight is 323 g/mol. The summed E-state index contributed by atoms with van der Waals surface area (Å²) in [5, 5.41) is 9.30. The van der Waals surface area contributed by atoms with Crippen LogP contribution in [0.5, 0.6) is 5.75 Å². The summed E-state index contributed by atoms with van der Waals surface area (Å²) >= 11 is 0.